The summed E-state index contributed by atoms with van der Waals surface area (Å²) in [5, 5.41) is 16.7. The number of rotatable bonds is 4. The molecule has 20 heavy (non-hydrogen) atoms. The van der Waals surface area contributed by atoms with Gasteiger partial charge in [0.2, 0.25) is 0 Å². The predicted octanol–water partition coefficient (Wildman–Crippen LogP) is 0.846. The van der Waals surface area contributed by atoms with Crippen LogP contribution >= 0.6 is 0 Å². The third kappa shape index (κ3) is 2.80. The summed E-state index contributed by atoms with van der Waals surface area (Å²) in [6, 6.07) is 0.0284. The number of carbonyl (C=O) groups excluding carboxylic acids is 1. The maximum Gasteiger partial charge on any atom is 0.271 e. The first-order valence-corrected chi connectivity index (χ1v) is 7.31. The molecule has 1 amide bonds. The Morgan fingerprint density at radius 3 is 2.80 bits per heavy atom. The zero-order chi connectivity index (χ0) is 14.7. The molecule has 1 heterocycles. The van der Waals surface area contributed by atoms with Crippen molar-refractivity contribution in [3.8, 4) is 0 Å². The van der Waals surface area contributed by atoms with Gasteiger partial charge in [0.15, 0.2) is 0 Å². The lowest BCUT2D eigenvalue weighted by atomic mass is 9.85. The SMILES string of the molecule is CCc1nn(C)c(C(=O)NC2CCCCC2CO)c1N. The number of aliphatic hydroxyl groups is 1. The fourth-order valence-electron chi connectivity index (χ4n) is 2.98. The van der Waals surface area contributed by atoms with E-state index in [1.165, 1.54) is 0 Å². The summed E-state index contributed by atoms with van der Waals surface area (Å²) < 4.78 is 1.54. The zero-order valence-corrected chi connectivity index (χ0v) is 12.2. The van der Waals surface area contributed by atoms with Gasteiger partial charge in [-0.05, 0) is 19.3 Å². The molecule has 6 nitrogen and oxygen atoms in total. The number of carbonyl (C=O) groups is 1. The highest BCUT2D eigenvalue weighted by atomic mass is 16.3. The van der Waals surface area contributed by atoms with Crippen LogP contribution in [0.5, 0.6) is 0 Å². The van der Waals surface area contributed by atoms with Crippen LogP contribution in [0.4, 0.5) is 5.69 Å². The number of hydrogen-bond acceptors (Lipinski definition) is 4. The number of aryl methyl sites for hydroxylation is 2. The summed E-state index contributed by atoms with van der Waals surface area (Å²) in [5.41, 5.74) is 7.63. The molecule has 1 aromatic heterocycles. The molecular formula is C14H24N4O2. The van der Waals surface area contributed by atoms with Gasteiger partial charge in [0.25, 0.3) is 5.91 Å². The summed E-state index contributed by atoms with van der Waals surface area (Å²) in [7, 11) is 1.73. The molecule has 0 saturated heterocycles. The van der Waals surface area contributed by atoms with E-state index in [0.29, 0.717) is 17.8 Å². The maximum atomic E-state index is 12.4. The molecule has 4 N–H and O–H groups in total. The summed E-state index contributed by atoms with van der Waals surface area (Å²) in [5.74, 6) is -0.0460. The molecule has 2 atom stereocenters. The van der Waals surface area contributed by atoms with E-state index in [0.717, 1.165) is 31.4 Å². The van der Waals surface area contributed by atoms with Gasteiger partial charge in [-0.2, -0.15) is 5.10 Å². The second-order valence-electron chi connectivity index (χ2n) is 5.49. The number of nitrogens with two attached hydrogens (primary N) is 1. The number of hydrogen-bond donors (Lipinski definition) is 3. The van der Waals surface area contributed by atoms with Gasteiger partial charge in [0, 0.05) is 25.6 Å². The minimum Gasteiger partial charge on any atom is -0.396 e. The second kappa shape index (κ2) is 6.26. The Labute approximate surface area is 119 Å². The van der Waals surface area contributed by atoms with Crippen molar-refractivity contribution in [1.82, 2.24) is 15.1 Å². The van der Waals surface area contributed by atoms with Crippen LogP contribution in [-0.4, -0.2) is 33.4 Å². The van der Waals surface area contributed by atoms with Crippen LogP contribution < -0.4 is 11.1 Å². The summed E-state index contributed by atoms with van der Waals surface area (Å²) in [6.45, 7) is 2.08. The number of nitrogens with zero attached hydrogens (tertiary/aromatic N) is 2. The van der Waals surface area contributed by atoms with Gasteiger partial charge in [-0.3, -0.25) is 9.48 Å². The summed E-state index contributed by atoms with van der Waals surface area (Å²) in [6.07, 6.45) is 4.78. The Balaban J connectivity index is 2.13. The van der Waals surface area contributed by atoms with Crippen molar-refractivity contribution in [1.29, 1.82) is 0 Å². The van der Waals surface area contributed by atoms with Crippen molar-refractivity contribution in [3.63, 3.8) is 0 Å². The fourth-order valence-corrected chi connectivity index (χ4v) is 2.98. The van der Waals surface area contributed by atoms with Crippen LogP contribution in [0.15, 0.2) is 0 Å². The van der Waals surface area contributed by atoms with Crippen LogP contribution in [0.1, 0.15) is 48.8 Å². The largest absolute Gasteiger partial charge is 0.396 e. The highest BCUT2D eigenvalue weighted by Crippen LogP contribution is 2.25. The fraction of sp³-hybridized carbons (Fsp3) is 0.714. The predicted molar refractivity (Wildman–Crippen MR) is 77.3 cm³/mol. The van der Waals surface area contributed by atoms with Crippen molar-refractivity contribution >= 4 is 11.6 Å². The van der Waals surface area contributed by atoms with Crippen LogP contribution in [0.2, 0.25) is 0 Å². The molecule has 0 aliphatic heterocycles. The average Bonchev–Trinajstić information content (AvgIpc) is 2.73. The number of aromatic nitrogens is 2. The standard InChI is InChI=1S/C14H24N4O2/c1-3-10-12(15)13(18(2)17-10)14(20)16-11-7-5-4-6-9(11)8-19/h9,11,19H,3-8,15H2,1-2H3,(H,16,20). The molecular weight excluding hydrogens is 256 g/mol. The normalized spacial score (nSPS) is 22.8. The number of anilines is 1. The molecule has 0 bridgehead atoms. The molecule has 0 aromatic carbocycles. The van der Waals surface area contributed by atoms with Crippen molar-refractivity contribution in [2.45, 2.75) is 45.1 Å². The smallest absolute Gasteiger partial charge is 0.271 e. The van der Waals surface area contributed by atoms with Gasteiger partial charge in [-0.25, -0.2) is 0 Å². The molecule has 6 heteroatoms. The number of amides is 1. The Kier molecular flexibility index (Phi) is 4.65. The highest BCUT2D eigenvalue weighted by Gasteiger charge is 2.28. The van der Waals surface area contributed by atoms with Crippen molar-refractivity contribution in [3.05, 3.63) is 11.4 Å². The molecule has 2 unspecified atom stereocenters. The third-order valence-corrected chi connectivity index (χ3v) is 4.17. The first-order chi connectivity index (χ1) is 9.58. The molecule has 1 saturated carbocycles. The topological polar surface area (TPSA) is 93.2 Å². The first-order valence-electron chi connectivity index (χ1n) is 7.31. The van der Waals surface area contributed by atoms with Crippen molar-refractivity contribution in [2.75, 3.05) is 12.3 Å². The molecule has 0 spiro atoms. The van der Waals surface area contributed by atoms with E-state index in [-0.39, 0.29) is 24.5 Å². The summed E-state index contributed by atoms with van der Waals surface area (Å²) in [4.78, 5) is 12.4. The minimum atomic E-state index is -0.192. The van der Waals surface area contributed by atoms with Gasteiger partial charge in [0.05, 0.1) is 11.4 Å². The monoisotopic (exact) mass is 280 g/mol. The van der Waals surface area contributed by atoms with Gasteiger partial charge >= 0.3 is 0 Å². The third-order valence-electron chi connectivity index (χ3n) is 4.17. The Morgan fingerprint density at radius 2 is 2.20 bits per heavy atom. The second-order valence-corrected chi connectivity index (χ2v) is 5.49. The van der Waals surface area contributed by atoms with Crippen LogP contribution in [0.25, 0.3) is 0 Å². The Morgan fingerprint density at radius 1 is 1.50 bits per heavy atom. The molecule has 1 aromatic rings. The molecule has 1 fully saturated rings. The van der Waals surface area contributed by atoms with Crippen LogP contribution in [0.3, 0.4) is 0 Å². The van der Waals surface area contributed by atoms with Gasteiger partial charge in [-0.15, -0.1) is 0 Å². The molecule has 112 valence electrons. The highest BCUT2D eigenvalue weighted by molar-refractivity contribution is 5.98. The number of aliphatic hydroxyl groups excluding tert-OH is 1. The lowest BCUT2D eigenvalue weighted by molar-refractivity contribution is 0.0864. The van der Waals surface area contributed by atoms with Gasteiger partial charge < -0.3 is 16.2 Å². The zero-order valence-electron chi connectivity index (χ0n) is 12.2. The van der Waals surface area contributed by atoms with Crippen molar-refractivity contribution < 1.29 is 9.90 Å². The molecule has 0 radical (unpaired) electrons. The minimum absolute atomic E-state index is 0.0284. The van der Waals surface area contributed by atoms with Crippen LogP contribution in [0, 0.1) is 5.92 Å². The van der Waals surface area contributed by atoms with Crippen molar-refractivity contribution in [2.24, 2.45) is 13.0 Å². The van der Waals surface area contributed by atoms with E-state index in [2.05, 4.69) is 10.4 Å². The van der Waals surface area contributed by atoms with E-state index in [1.54, 1.807) is 11.7 Å². The van der Waals surface area contributed by atoms with E-state index in [1.807, 2.05) is 6.92 Å². The molecule has 1 aliphatic rings. The van der Waals surface area contributed by atoms with E-state index < -0.39 is 0 Å². The quantitative estimate of drug-likeness (QED) is 0.762. The van der Waals surface area contributed by atoms with Gasteiger partial charge in [-0.1, -0.05) is 19.8 Å². The summed E-state index contributed by atoms with van der Waals surface area (Å²) >= 11 is 0. The molecule has 1 aliphatic carbocycles. The Hall–Kier alpha value is -1.56. The number of nitrogens with one attached hydrogen (secondary N) is 1. The molecule has 2 rings (SSSR count). The van der Waals surface area contributed by atoms with E-state index in [4.69, 9.17) is 5.73 Å². The van der Waals surface area contributed by atoms with Crippen LogP contribution in [-0.2, 0) is 13.5 Å². The Bertz CT molecular complexity index is 484. The van der Waals surface area contributed by atoms with Gasteiger partial charge in [0.1, 0.15) is 5.69 Å². The lowest BCUT2D eigenvalue weighted by Crippen LogP contribution is -2.44. The lowest BCUT2D eigenvalue weighted by Gasteiger charge is -2.30. The number of nitrogen functional groups attached to an aromatic ring is 1. The first kappa shape index (κ1) is 14.8. The maximum absolute atomic E-state index is 12.4. The van der Waals surface area contributed by atoms with E-state index in [9.17, 15) is 9.90 Å². The van der Waals surface area contributed by atoms with E-state index >= 15 is 0 Å². The average molecular weight is 280 g/mol.